The second kappa shape index (κ2) is 7.51. The van der Waals surface area contributed by atoms with Crippen LogP contribution in [0.5, 0.6) is 0 Å². The fourth-order valence-corrected chi connectivity index (χ4v) is 3.50. The van der Waals surface area contributed by atoms with Gasteiger partial charge in [0.1, 0.15) is 11.5 Å². The molecule has 4 aromatic rings. The number of hydrogen-bond acceptors (Lipinski definition) is 7. The third-order valence-electron chi connectivity index (χ3n) is 4.90. The zero-order chi connectivity index (χ0) is 19.6. The van der Waals surface area contributed by atoms with E-state index in [0.717, 1.165) is 18.4 Å². The van der Waals surface area contributed by atoms with Crippen molar-refractivity contribution in [2.45, 2.75) is 18.8 Å². The Bertz CT molecular complexity index is 1120. The maximum atomic E-state index is 14.5. The van der Waals surface area contributed by atoms with Gasteiger partial charge in [0.15, 0.2) is 5.69 Å². The lowest BCUT2D eigenvalue weighted by atomic mass is 9.96. The van der Waals surface area contributed by atoms with Crippen molar-refractivity contribution in [1.29, 1.82) is 0 Å². The Balaban J connectivity index is 1.62. The minimum absolute atomic E-state index is 0.00960. The predicted molar refractivity (Wildman–Crippen MR) is 101 cm³/mol. The summed E-state index contributed by atoms with van der Waals surface area (Å²) in [7, 11) is 0. The Labute approximate surface area is 165 Å². The van der Waals surface area contributed by atoms with Crippen LogP contribution in [0.3, 0.4) is 0 Å². The molecule has 146 valence electrons. The Morgan fingerprint density at radius 2 is 1.97 bits per heavy atom. The first-order chi connectivity index (χ1) is 14.3. The van der Waals surface area contributed by atoms with Crippen LogP contribution in [0.15, 0.2) is 53.3 Å². The third kappa shape index (κ3) is 3.29. The Kier molecular flexibility index (Phi) is 4.57. The van der Waals surface area contributed by atoms with Crippen molar-refractivity contribution in [2.24, 2.45) is 0 Å². The third-order valence-corrected chi connectivity index (χ3v) is 4.90. The maximum absolute atomic E-state index is 14.5. The minimum Gasteiger partial charge on any atom is -0.381 e. The molecule has 9 heteroatoms. The summed E-state index contributed by atoms with van der Waals surface area (Å²) in [5.74, 6) is 0.267. The van der Waals surface area contributed by atoms with Gasteiger partial charge in [-0.3, -0.25) is 4.98 Å². The van der Waals surface area contributed by atoms with E-state index in [4.69, 9.17) is 9.26 Å². The minimum atomic E-state index is -0.384. The van der Waals surface area contributed by atoms with Gasteiger partial charge in [-0.1, -0.05) is 22.5 Å². The van der Waals surface area contributed by atoms with Gasteiger partial charge in [-0.25, -0.2) is 9.07 Å². The van der Waals surface area contributed by atoms with E-state index in [1.807, 2.05) is 0 Å². The molecule has 0 saturated carbocycles. The fourth-order valence-electron chi connectivity index (χ4n) is 3.50. The average molecular weight is 392 g/mol. The quantitative estimate of drug-likeness (QED) is 0.525. The zero-order valence-corrected chi connectivity index (χ0v) is 15.4. The van der Waals surface area contributed by atoms with E-state index in [0.29, 0.717) is 36.1 Å². The molecule has 4 heterocycles. The van der Waals surface area contributed by atoms with E-state index in [9.17, 15) is 4.39 Å². The van der Waals surface area contributed by atoms with Crippen LogP contribution in [-0.2, 0) is 4.74 Å². The first-order valence-electron chi connectivity index (χ1n) is 9.34. The number of para-hydroxylation sites is 1. The van der Waals surface area contributed by atoms with Crippen molar-refractivity contribution in [2.75, 3.05) is 13.2 Å². The van der Waals surface area contributed by atoms with Gasteiger partial charge in [0.2, 0.25) is 5.82 Å². The lowest BCUT2D eigenvalue weighted by Gasteiger charge is -2.23. The highest BCUT2D eigenvalue weighted by Gasteiger charge is 2.30. The molecule has 0 spiro atoms. The Hall–Kier alpha value is -3.46. The van der Waals surface area contributed by atoms with Crippen LogP contribution in [0.1, 0.15) is 24.5 Å². The first kappa shape index (κ1) is 17.6. The number of benzene rings is 1. The maximum Gasteiger partial charge on any atom is 0.280 e. The van der Waals surface area contributed by atoms with Gasteiger partial charge in [0, 0.05) is 30.5 Å². The molecule has 0 radical (unpaired) electrons. The second-order valence-corrected chi connectivity index (χ2v) is 6.76. The molecule has 1 atom stereocenters. The van der Waals surface area contributed by atoms with Crippen molar-refractivity contribution >= 4 is 0 Å². The van der Waals surface area contributed by atoms with E-state index in [-0.39, 0.29) is 17.6 Å². The summed E-state index contributed by atoms with van der Waals surface area (Å²) >= 11 is 0. The van der Waals surface area contributed by atoms with Crippen molar-refractivity contribution < 1.29 is 13.7 Å². The van der Waals surface area contributed by atoms with Crippen LogP contribution in [-0.4, -0.2) is 43.3 Å². The lowest BCUT2D eigenvalue weighted by Crippen LogP contribution is -2.19. The molecule has 8 nitrogen and oxygen atoms in total. The van der Waals surface area contributed by atoms with Gasteiger partial charge in [-0.05, 0) is 37.1 Å². The molecule has 1 aliphatic heterocycles. The Morgan fingerprint density at radius 1 is 1.10 bits per heavy atom. The zero-order valence-electron chi connectivity index (χ0n) is 15.4. The van der Waals surface area contributed by atoms with Crippen molar-refractivity contribution in [1.82, 2.24) is 30.1 Å². The van der Waals surface area contributed by atoms with Crippen LogP contribution in [0.25, 0.3) is 28.7 Å². The molecular weight excluding hydrogens is 375 g/mol. The molecule has 5 rings (SSSR count). The smallest absolute Gasteiger partial charge is 0.280 e. The number of pyridine rings is 1. The standard InChI is InChI=1S/C20H17FN6O2/c21-15-5-1-2-6-16(15)27-18(14-4-3-11-28-12-14)17(24-26-27)20-23-19(25-29-20)13-7-9-22-10-8-13/h1-2,5-10,14H,3-4,11-12H2. The number of aromatic nitrogens is 6. The summed E-state index contributed by atoms with van der Waals surface area (Å²) in [6, 6.07) is 10.0. The monoisotopic (exact) mass is 392 g/mol. The summed E-state index contributed by atoms with van der Waals surface area (Å²) in [6.45, 7) is 1.21. The average Bonchev–Trinajstić information content (AvgIpc) is 3.43. The highest BCUT2D eigenvalue weighted by Crippen LogP contribution is 2.34. The number of ether oxygens (including phenoxy) is 1. The first-order valence-corrected chi connectivity index (χ1v) is 9.34. The normalized spacial score (nSPS) is 16.8. The van der Waals surface area contributed by atoms with Gasteiger partial charge in [0.05, 0.1) is 12.3 Å². The summed E-state index contributed by atoms with van der Waals surface area (Å²) in [5.41, 5.74) is 2.25. The molecule has 0 N–H and O–H groups in total. The van der Waals surface area contributed by atoms with Crippen LogP contribution >= 0.6 is 0 Å². The van der Waals surface area contributed by atoms with Gasteiger partial charge in [-0.2, -0.15) is 4.98 Å². The lowest BCUT2D eigenvalue weighted by molar-refractivity contribution is 0.0787. The van der Waals surface area contributed by atoms with Gasteiger partial charge < -0.3 is 9.26 Å². The molecule has 0 bridgehead atoms. The van der Waals surface area contributed by atoms with Crippen molar-refractivity contribution in [3.8, 4) is 28.7 Å². The van der Waals surface area contributed by atoms with Crippen LogP contribution < -0.4 is 0 Å². The van der Waals surface area contributed by atoms with E-state index in [2.05, 4.69) is 25.4 Å². The highest BCUT2D eigenvalue weighted by molar-refractivity contribution is 5.59. The molecule has 1 saturated heterocycles. The van der Waals surface area contributed by atoms with E-state index >= 15 is 0 Å². The van der Waals surface area contributed by atoms with Gasteiger partial charge >= 0.3 is 0 Å². The molecule has 29 heavy (non-hydrogen) atoms. The number of hydrogen-bond donors (Lipinski definition) is 0. The second-order valence-electron chi connectivity index (χ2n) is 6.76. The topological polar surface area (TPSA) is 91.8 Å². The molecule has 3 aromatic heterocycles. The summed E-state index contributed by atoms with van der Waals surface area (Å²) in [5, 5.41) is 12.5. The Morgan fingerprint density at radius 3 is 2.76 bits per heavy atom. The molecule has 1 aromatic carbocycles. The summed E-state index contributed by atoms with van der Waals surface area (Å²) in [6.07, 6.45) is 5.09. The fraction of sp³-hybridized carbons (Fsp3) is 0.250. The largest absolute Gasteiger partial charge is 0.381 e. The van der Waals surface area contributed by atoms with E-state index < -0.39 is 0 Å². The number of rotatable bonds is 4. The number of halogens is 1. The predicted octanol–water partition coefficient (Wildman–Crippen LogP) is 3.41. The highest BCUT2D eigenvalue weighted by atomic mass is 19.1. The molecule has 0 amide bonds. The van der Waals surface area contributed by atoms with Crippen molar-refractivity contribution in [3.05, 3.63) is 60.3 Å². The summed E-state index contributed by atoms with van der Waals surface area (Å²) < 4.78 is 27.1. The number of nitrogens with zero attached hydrogens (tertiary/aromatic N) is 6. The van der Waals surface area contributed by atoms with E-state index in [1.54, 1.807) is 42.7 Å². The summed E-state index contributed by atoms with van der Waals surface area (Å²) in [4.78, 5) is 8.47. The molecular formula is C20H17FN6O2. The van der Waals surface area contributed by atoms with Crippen LogP contribution in [0.4, 0.5) is 4.39 Å². The van der Waals surface area contributed by atoms with Gasteiger partial charge in [-0.15, -0.1) is 5.10 Å². The molecule has 1 unspecified atom stereocenters. The van der Waals surface area contributed by atoms with Crippen LogP contribution in [0, 0.1) is 5.82 Å². The van der Waals surface area contributed by atoms with Crippen molar-refractivity contribution in [3.63, 3.8) is 0 Å². The van der Waals surface area contributed by atoms with E-state index in [1.165, 1.54) is 10.7 Å². The SMILES string of the molecule is Fc1ccccc1-n1nnc(-c2nc(-c3ccncc3)no2)c1C1CCCOC1. The van der Waals surface area contributed by atoms with Crippen LogP contribution in [0.2, 0.25) is 0 Å². The molecule has 1 fully saturated rings. The molecule has 1 aliphatic rings. The van der Waals surface area contributed by atoms with Gasteiger partial charge in [0.25, 0.3) is 5.89 Å². The molecule has 0 aliphatic carbocycles.